The monoisotopic (exact) mass is 490 g/mol. The molecule has 2 rings (SSSR count). The zero-order valence-electron chi connectivity index (χ0n) is 17.5. The van der Waals surface area contributed by atoms with Crippen LogP contribution in [0.5, 0.6) is 28.7 Å². The number of methoxy groups -OCH3 is 4. The highest BCUT2D eigenvalue weighted by Crippen LogP contribution is 2.45. The summed E-state index contributed by atoms with van der Waals surface area (Å²) in [5.41, 5.74) is 1.31. The molecule has 0 aliphatic rings. The van der Waals surface area contributed by atoms with Crippen molar-refractivity contribution in [1.82, 2.24) is 0 Å². The van der Waals surface area contributed by atoms with Crippen molar-refractivity contribution in [3.05, 3.63) is 63.9 Å². The zero-order chi connectivity index (χ0) is 23.0. The number of aliphatic hydroxyl groups excluding tert-OH is 1. The van der Waals surface area contributed by atoms with Crippen molar-refractivity contribution in [2.24, 2.45) is 0 Å². The van der Waals surface area contributed by atoms with Crippen LogP contribution in [0.25, 0.3) is 12.2 Å². The molecule has 0 saturated carbocycles. The quantitative estimate of drug-likeness (QED) is 0.292. The second-order valence-electron chi connectivity index (χ2n) is 6.12. The molecule has 0 aromatic heterocycles. The Morgan fingerprint density at radius 1 is 0.903 bits per heavy atom. The van der Waals surface area contributed by atoms with E-state index >= 15 is 0 Å². The van der Waals surface area contributed by atoms with Gasteiger partial charge in [-0.1, -0.05) is 12.1 Å². The summed E-state index contributed by atoms with van der Waals surface area (Å²) in [6, 6.07) is 6.41. The fourth-order valence-corrected chi connectivity index (χ4v) is 3.24. The van der Waals surface area contributed by atoms with Gasteiger partial charge in [-0.3, -0.25) is 4.79 Å². The summed E-state index contributed by atoms with van der Waals surface area (Å²) >= 11 is 3.44. The Balaban J connectivity index is 2.20. The lowest BCUT2D eigenvalue weighted by molar-refractivity contribution is -0.110. The van der Waals surface area contributed by atoms with Gasteiger partial charge < -0.3 is 29.2 Å². The van der Waals surface area contributed by atoms with Crippen molar-refractivity contribution >= 4 is 33.9 Å². The Bertz CT molecular complexity index is 1040. The lowest BCUT2D eigenvalue weighted by atomic mass is 10.1. The van der Waals surface area contributed by atoms with E-state index in [2.05, 4.69) is 15.9 Å². The summed E-state index contributed by atoms with van der Waals surface area (Å²) in [7, 11) is 5.94. The Labute approximate surface area is 189 Å². The average molecular weight is 491 g/mol. The Kier molecular flexibility index (Phi) is 8.57. The highest BCUT2D eigenvalue weighted by atomic mass is 79.9. The molecule has 0 aliphatic heterocycles. The number of phenols is 1. The minimum absolute atomic E-state index is 0.0117. The van der Waals surface area contributed by atoms with Crippen LogP contribution in [0.1, 0.15) is 11.1 Å². The molecule has 0 atom stereocenters. The third-order valence-electron chi connectivity index (χ3n) is 4.17. The van der Waals surface area contributed by atoms with Crippen molar-refractivity contribution in [2.45, 2.75) is 0 Å². The third kappa shape index (κ3) is 6.05. The van der Waals surface area contributed by atoms with Gasteiger partial charge in [-0.05, 0) is 63.5 Å². The summed E-state index contributed by atoms with van der Waals surface area (Å²) in [6.45, 7) is 0. The highest BCUT2D eigenvalue weighted by Gasteiger charge is 2.17. The molecule has 2 aromatic carbocycles. The van der Waals surface area contributed by atoms with Gasteiger partial charge in [0.2, 0.25) is 5.75 Å². The number of hydrogen-bond donors (Lipinski definition) is 2. The van der Waals surface area contributed by atoms with Gasteiger partial charge in [-0.2, -0.15) is 0 Å². The summed E-state index contributed by atoms with van der Waals surface area (Å²) in [4.78, 5) is 12.2. The van der Waals surface area contributed by atoms with Crippen molar-refractivity contribution < 1.29 is 34.0 Å². The van der Waals surface area contributed by atoms with Gasteiger partial charge in [-0.25, -0.2) is 0 Å². The maximum Gasteiger partial charge on any atom is 0.204 e. The predicted octanol–water partition coefficient (Wildman–Crippen LogP) is 4.93. The second kappa shape index (κ2) is 11.1. The minimum Gasteiger partial charge on any atom is -0.508 e. The van der Waals surface area contributed by atoms with Crippen molar-refractivity contribution in [3.63, 3.8) is 0 Å². The molecule has 0 spiro atoms. The van der Waals surface area contributed by atoms with Crippen molar-refractivity contribution in [1.29, 1.82) is 0 Å². The van der Waals surface area contributed by atoms with E-state index < -0.39 is 5.78 Å². The van der Waals surface area contributed by atoms with Crippen LogP contribution in [0.2, 0.25) is 0 Å². The lowest BCUT2D eigenvalue weighted by Crippen LogP contribution is -1.97. The fraction of sp³-hybridized carbons (Fsp3) is 0.174. The van der Waals surface area contributed by atoms with E-state index in [0.29, 0.717) is 38.6 Å². The summed E-state index contributed by atoms with van der Waals surface area (Å²) in [5, 5.41) is 19.6. The molecule has 0 bridgehead atoms. The molecule has 2 aromatic rings. The maximum atomic E-state index is 12.2. The van der Waals surface area contributed by atoms with Crippen molar-refractivity contribution in [3.8, 4) is 28.7 Å². The summed E-state index contributed by atoms with van der Waals surface area (Å²) < 4.78 is 21.6. The van der Waals surface area contributed by atoms with Crippen LogP contribution in [0.3, 0.4) is 0 Å². The van der Waals surface area contributed by atoms with E-state index in [1.54, 1.807) is 30.4 Å². The fourth-order valence-electron chi connectivity index (χ4n) is 2.65. The Hall–Kier alpha value is -3.39. The number of rotatable bonds is 9. The van der Waals surface area contributed by atoms with E-state index in [1.165, 1.54) is 46.7 Å². The van der Waals surface area contributed by atoms with Crippen LogP contribution in [0.4, 0.5) is 0 Å². The predicted molar refractivity (Wildman–Crippen MR) is 122 cm³/mol. The second-order valence-corrected chi connectivity index (χ2v) is 6.91. The van der Waals surface area contributed by atoms with Gasteiger partial charge in [0.15, 0.2) is 28.8 Å². The molecule has 164 valence electrons. The van der Waals surface area contributed by atoms with E-state index in [4.69, 9.17) is 18.9 Å². The molecule has 0 heterocycles. The maximum absolute atomic E-state index is 12.2. The number of allylic oxidation sites excluding steroid dienone is 3. The van der Waals surface area contributed by atoms with Crippen LogP contribution >= 0.6 is 15.9 Å². The van der Waals surface area contributed by atoms with E-state index in [9.17, 15) is 15.0 Å². The van der Waals surface area contributed by atoms with Gasteiger partial charge >= 0.3 is 0 Å². The molecular weight excluding hydrogens is 468 g/mol. The SMILES string of the molecule is COc1cc(/C=C/C(O)=C/C(=O)/C=C/c2cc(OC)c(OC)c(OC)c2Br)ccc1O. The summed E-state index contributed by atoms with van der Waals surface area (Å²) in [5.74, 6) is 0.962. The first-order valence-electron chi connectivity index (χ1n) is 9.00. The molecule has 31 heavy (non-hydrogen) atoms. The number of aliphatic hydroxyl groups is 1. The van der Waals surface area contributed by atoms with E-state index in [-0.39, 0.29) is 11.5 Å². The van der Waals surface area contributed by atoms with E-state index in [1.807, 2.05) is 0 Å². The van der Waals surface area contributed by atoms with Crippen LogP contribution in [0, 0.1) is 0 Å². The standard InChI is InChI=1S/C23H23BrO7/c1-28-19-11-14(6-10-18(19)27)5-8-16(25)13-17(26)9-7-15-12-20(29-2)22(30-3)23(31-4)21(15)24/h5-13,25,27H,1-4H3/b8-5+,9-7+,16-13-. The number of carbonyl (C=O) groups is 1. The number of ether oxygens (including phenoxy) is 4. The topological polar surface area (TPSA) is 94.5 Å². The first kappa shape index (κ1) is 23.9. The lowest BCUT2D eigenvalue weighted by Gasteiger charge is -2.15. The highest BCUT2D eigenvalue weighted by molar-refractivity contribution is 9.10. The molecule has 2 N–H and O–H groups in total. The number of halogens is 1. The molecule has 0 amide bonds. The number of phenolic OH excluding ortho intramolecular Hbond substituents is 1. The molecule has 8 heteroatoms. The van der Waals surface area contributed by atoms with Crippen LogP contribution in [-0.2, 0) is 4.79 Å². The average Bonchev–Trinajstić information content (AvgIpc) is 2.77. The Morgan fingerprint density at radius 3 is 2.19 bits per heavy atom. The van der Waals surface area contributed by atoms with Crippen molar-refractivity contribution in [2.75, 3.05) is 28.4 Å². The van der Waals surface area contributed by atoms with Gasteiger partial charge in [0, 0.05) is 6.08 Å². The van der Waals surface area contributed by atoms with Gasteiger partial charge in [0.05, 0.1) is 32.9 Å². The molecule has 0 unspecified atom stereocenters. The first-order chi connectivity index (χ1) is 14.8. The smallest absolute Gasteiger partial charge is 0.204 e. The molecule has 0 aliphatic carbocycles. The number of ketones is 1. The molecule has 7 nitrogen and oxygen atoms in total. The largest absolute Gasteiger partial charge is 0.508 e. The normalized spacial score (nSPS) is 11.7. The third-order valence-corrected chi connectivity index (χ3v) is 4.98. The molecule has 0 saturated heterocycles. The van der Waals surface area contributed by atoms with Crippen LogP contribution in [-0.4, -0.2) is 44.4 Å². The number of benzene rings is 2. The van der Waals surface area contributed by atoms with Gasteiger partial charge in [-0.15, -0.1) is 0 Å². The molecule has 0 radical (unpaired) electrons. The summed E-state index contributed by atoms with van der Waals surface area (Å²) in [6.07, 6.45) is 6.90. The molecule has 0 fully saturated rings. The van der Waals surface area contributed by atoms with Gasteiger partial charge in [0.25, 0.3) is 0 Å². The van der Waals surface area contributed by atoms with Gasteiger partial charge in [0.1, 0.15) is 5.76 Å². The minimum atomic E-state index is -0.425. The number of hydrogen-bond acceptors (Lipinski definition) is 7. The number of carbonyl (C=O) groups excluding carboxylic acids is 1. The zero-order valence-corrected chi connectivity index (χ0v) is 19.1. The first-order valence-corrected chi connectivity index (χ1v) is 9.80. The number of aromatic hydroxyl groups is 1. The molecular formula is C23H23BrO7. The Morgan fingerprint density at radius 2 is 1.58 bits per heavy atom. The van der Waals surface area contributed by atoms with E-state index in [0.717, 1.165) is 6.08 Å². The van der Waals surface area contributed by atoms with Crippen LogP contribution < -0.4 is 18.9 Å². The van der Waals surface area contributed by atoms with Crippen LogP contribution in [0.15, 0.2) is 52.7 Å².